The number of nitrogens with one attached hydrogen (secondary N) is 1. The van der Waals surface area contributed by atoms with E-state index in [0.29, 0.717) is 13.0 Å². The zero-order valence-corrected chi connectivity index (χ0v) is 9.85. The van der Waals surface area contributed by atoms with Crippen molar-refractivity contribution in [2.45, 2.75) is 6.42 Å². The average molecular weight is 234 g/mol. The SMILES string of the molecule is O=C(Cc1cccc(O)c1)CN1CCNCC1. The van der Waals surface area contributed by atoms with E-state index in [4.69, 9.17) is 0 Å². The molecule has 1 fully saturated rings. The molecule has 2 rings (SSSR count). The van der Waals surface area contributed by atoms with Gasteiger partial charge in [-0.25, -0.2) is 0 Å². The van der Waals surface area contributed by atoms with Gasteiger partial charge in [-0.3, -0.25) is 9.69 Å². The standard InChI is InChI=1S/C13H18N2O2/c16-12-3-1-2-11(8-12)9-13(17)10-15-6-4-14-5-7-15/h1-3,8,14,16H,4-7,9-10H2. The fraction of sp³-hybridized carbons (Fsp3) is 0.462. The highest BCUT2D eigenvalue weighted by Crippen LogP contribution is 2.11. The Bertz CT molecular complexity index is 387. The third-order valence-electron chi connectivity index (χ3n) is 2.92. The van der Waals surface area contributed by atoms with Crippen molar-refractivity contribution in [3.05, 3.63) is 29.8 Å². The second-order valence-electron chi connectivity index (χ2n) is 4.41. The van der Waals surface area contributed by atoms with Crippen LogP contribution in [0, 0.1) is 0 Å². The van der Waals surface area contributed by atoms with E-state index in [1.54, 1.807) is 18.2 Å². The molecule has 17 heavy (non-hydrogen) atoms. The van der Waals surface area contributed by atoms with Crippen LogP contribution in [0.2, 0.25) is 0 Å². The van der Waals surface area contributed by atoms with Crippen molar-refractivity contribution >= 4 is 5.78 Å². The van der Waals surface area contributed by atoms with Gasteiger partial charge in [-0.1, -0.05) is 12.1 Å². The maximum absolute atomic E-state index is 11.8. The lowest BCUT2D eigenvalue weighted by molar-refractivity contribution is -0.119. The summed E-state index contributed by atoms with van der Waals surface area (Å²) in [5.41, 5.74) is 0.880. The first-order valence-corrected chi connectivity index (χ1v) is 5.97. The number of carbonyl (C=O) groups is 1. The summed E-state index contributed by atoms with van der Waals surface area (Å²) in [7, 11) is 0. The second kappa shape index (κ2) is 5.80. The highest BCUT2D eigenvalue weighted by atomic mass is 16.3. The van der Waals surface area contributed by atoms with E-state index in [-0.39, 0.29) is 11.5 Å². The van der Waals surface area contributed by atoms with Crippen molar-refractivity contribution in [3.8, 4) is 5.75 Å². The van der Waals surface area contributed by atoms with E-state index in [1.807, 2.05) is 6.07 Å². The molecule has 1 aliphatic rings. The monoisotopic (exact) mass is 234 g/mol. The number of piperazine rings is 1. The number of aromatic hydroxyl groups is 1. The number of benzene rings is 1. The largest absolute Gasteiger partial charge is 0.508 e. The Balaban J connectivity index is 1.84. The van der Waals surface area contributed by atoms with E-state index in [9.17, 15) is 9.90 Å². The van der Waals surface area contributed by atoms with Crippen LogP contribution in [0.5, 0.6) is 5.75 Å². The molecule has 0 bridgehead atoms. The molecule has 1 aromatic carbocycles. The molecule has 4 heteroatoms. The van der Waals surface area contributed by atoms with Gasteiger partial charge in [-0.2, -0.15) is 0 Å². The molecule has 4 nitrogen and oxygen atoms in total. The Labute approximate surface area is 101 Å². The summed E-state index contributed by atoms with van der Waals surface area (Å²) in [5, 5.41) is 12.6. The van der Waals surface area contributed by atoms with Gasteiger partial charge >= 0.3 is 0 Å². The first-order valence-electron chi connectivity index (χ1n) is 5.97. The third-order valence-corrected chi connectivity index (χ3v) is 2.92. The minimum atomic E-state index is 0.206. The number of nitrogens with zero attached hydrogens (tertiary/aromatic N) is 1. The highest BCUT2D eigenvalue weighted by molar-refractivity contribution is 5.82. The first kappa shape index (κ1) is 12.1. The summed E-state index contributed by atoms with van der Waals surface area (Å²) in [6.07, 6.45) is 0.401. The smallest absolute Gasteiger partial charge is 0.151 e. The second-order valence-corrected chi connectivity index (χ2v) is 4.41. The van der Waals surface area contributed by atoms with Crippen LogP contribution in [0.3, 0.4) is 0 Å². The van der Waals surface area contributed by atoms with Gasteiger partial charge in [0.05, 0.1) is 6.54 Å². The number of phenolic OH excluding ortho intramolecular Hbond substituents is 1. The van der Waals surface area contributed by atoms with Crippen molar-refractivity contribution in [1.29, 1.82) is 0 Å². The van der Waals surface area contributed by atoms with Crippen LogP contribution in [0.1, 0.15) is 5.56 Å². The Kier molecular flexibility index (Phi) is 4.12. The van der Waals surface area contributed by atoms with Gasteiger partial charge in [-0.05, 0) is 17.7 Å². The summed E-state index contributed by atoms with van der Waals surface area (Å²) >= 11 is 0. The van der Waals surface area contributed by atoms with Gasteiger partial charge < -0.3 is 10.4 Å². The minimum absolute atomic E-state index is 0.206. The summed E-state index contributed by atoms with van der Waals surface area (Å²) in [6, 6.07) is 6.90. The van der Waals surface area contributed by atoms with Crippen LogP contribution < -0.4 is 5.32 Å². The lowest BCUT2D eigenvalue weighted by Gasteiger charge is -2.26. The van der Waals surface area contributed by atoms with Gasteiger partial charge in [0.15, 0.2) is 5.78 Å². The van der Waals surface area contributed by atoms with Crippen molar-refractivity contribution in [3.63, 3.8) is 0 Å². The number of rotatable bonds is 4. The third kappa shape index (κ3) is 3.84. The molecule has 0 saturated carbocycles. The molecule has 1 saturated heterocycles. The van der Waals surface area contributed by atoms with E-state index in [0.717, 1.165) is 31.7 Å². The molecule has 0 amide bonds. The molecule has 0 aromatic heterocycles. The molecule has 0 unspecified atom stereocenters. The van der Waals surface area contributed by atoms with Crippen molar-refractivity contribution in [2.24, 2.45) is 0 Å². The molecule has 0 atom stereocenters. The summed E-state index contributed by atoms with van der Waals surface area (Å²) < 4.78 is 0. The lowest BCUT2D eigenvalue weighted by atomic mass is 10.1. The van der Waals surface area contributed by atoms with Crippen molar-refractivity contribution in [1.82, 2.24) is 10.2 Å². The molecule has 1 aromatic rings. The molecule has 1 aliphatic heterocycles. The molecule has 2 N–H and O–H groups in total. The molecule has 1 heterocycles. The van der Waals surface area contributed by atoms with Crippen molar-refractivity contribution in [2.75, 3.05) is 32.7 Å². The van der Waals surface area contributed by atoms with Gasteiger partial charge in [0.2, 0.25) is 0 Å². The summed E-state index contributed by atoms with van der Waals surface area (Å²) in [5.74, 6) is 0.426. The number of phenols is 1. The Hall–Kier alpha value is -1.39. The van der Waals surface area contributed by atoms with E-state index < -0.39 is 0 Å². The normalized spacial score (nSPS) is 16.9. The Morgan fingerprint density at radius 2 is 2.12 bits per heavy atom. The zero-order chi connectivity index (χ0) is 12.1. The Morgan fingerprint density at radius 3 is 2.82 bits per heavy atom. The molecule has 0 radical (unpaired) electrons. The maximum Gasteiger partial charge on any atom is 0.151 e. The van der Waals surface area contributed by atoms with E-state index >= 15 is 0 Å². The molecule has 92 valence electrons. The summed E-state index contributed by atoms with van der Waals surface area (Å²) in [6.45, 7) is 4.30. The highest BCUT2D eigenvalue weighted by Gasteiger charge is 2.13. The van der Waals surface area contributed by atoms with Crippen LogP contribution in [0.4, 0.5) is 0 Å². The van der Waals surface area contributed by atoms with Gasteiger partial charge in [0, 0.05) is 32.6 Å². The van der Waals surface area contributed by atoms with Crippen LogP contribution in [0.15, 0.2) is 24.3 Å². The predicted molar refractivity (Wildman–Crippen MR) is 66.1 cm³/mol. The molecular weight excluding hydrogens is 216 g/mol. The first-order chi connectivity index (χ1) is 8.24. The number of Topliss-reactive ketones (excluding diaryl/α,β-unsaturated/α-hetero) is 1. The van der Waals surface area contributed by atoms with Crippen molar-refractivity contribution < 1.29 is 9.90 Å². The molecular formula is C13H18N2O2. The fourth-order valence-electron chi connectivity index (χ4n) is 2.07. The van der Waals surface area contributed by atoms with Crippen LogP contribution in [-0.2, 0) is 11.2 Å². The Morgan fingerprint density at radius 1 is 1.35 bits per heavy atom. The predicted octanol–water partition coefficient (Wildman–Crippen LogP) is 0.409. The summed E-state index contributed by atoms with van der Waals surface area (Å²) in [4.78, 5) is 14.0. The number of carbonyl (C=O) groups excluding carboxylic acids is 1. The molecule has 0 spiro atoms. The van der Waals surface area contributed by atoms with Crippen LogP contribution in [0.25, 0.3) is 0 Å². The number of ketones is 1. The van der Waals surface area contributed by atoms with Gasteiger partial charge in [0.25, 0.3) is 0 Å². The maximum atomic E-state index is 11.8. The minimum Gasteiger partial charge on any atom is -0.508 e. The van der Waals surface area contributed by atoms with Crippen LogP contribution >= 0.6 is 0 Å². The van der Waals surface area contributed by atoms with E-state index in [1.165, 1.54) is 0 Å². The topological polar surface area (TPSA) is 52.6 Å². The van der Waals surface area contributed by atoms with Crippen LogP contribution in [-0.4, -0.2) is 48.5 Å². The van der Waals surface area contributed by atoms with Gasteiger partial charge in [-0.15, -0.1) is 0 Å². The number of hydrogen-bond donors (Lipinski definition) is 2. The van der Waals surface area contributed by atoms with Gasteiger partial charge in [0.1, 0.15) is 5.75 Å². The molecule has 0 aliphatic carbocycles. The lowest BCUT2D eigenvalue weighted by Crippen LogP contribution is -2.45. The quantitative estimate of drug-likeness (QED) is 0.792. The fourth-order valence-corrected chi connectivity index (χ4v) is 2.07. The average Bonchev–Trinajstić information content (AvgIpc) is 2.30. The number of hydrogen-bond acceptors (Lipinski definition) is 4. The van der Waals surface area contributed by atoms with E-state index in [2.05, 4.69) is 10.2 Å². The zero-order valence-electron chi connectivity index (χ0n) is 9.85.